The molecule has 0 saturated heterocycles. The lowest BCUT2D eigenvalue weighted by Crippen LogP contribution is -2.53. The third-order valence-electron chi connectivity index (χ3n) is 4.49. The minimum absolute atomic E-state index is 0.0264. The zero-order valence-electron chi connectivity index (χ0n) is 15.5. The monoisotopic (exact) mass is 405 g/mol. The summed E-state index contributed by atoms with van der Waals surface area (Å²) in [6.45, 7) is -0.220. The molecule has 0 fully saturated rings. The fourth-order valence-electron chi connectivity index (χ4n) is 3.11. The van der Waals surface area contributed by atoms with Crippen LogP contribution in [0, 0.1) is 0 Å². The standard InChI is InChI=1S/C19H19NO7S/c1-25-14-9-8-12(10-15(14)26-2)11-20-17(19(22)27-3)18(21)13-6-4-5-7-16(13)28(20,23)24/h4-10,17H,11H2,1-3H3. The highest BCUT2D eigenvalue weighted by Crippen LogP contribution is 2.34. The smallest absolute Gasteiger partial charge is 0.332 e. The van der Waals surface area contributed by atoms with Crippen molar-refractivity contribution in [3.63, 3.8) is 0 Å². The number of benzene rings is 2. The number of carbonyl (C=O) groups is 2. The van der Waals surface area contributed by atoms with Gasteiger partial charge in [-0.1, -0.05) is 18.2 Å². The number of ether oxygens (including phenoxy) is 3. The maximum absolute atomic E-state index is 13.2. The van der Waals surface area contributed by atoms with E-state index in [1.807, 2.05) is 0 Å². The highest BCUT2D eigenvalue weighted by molar-refractivity contribution is 7.89. The Morgan fingerprint density at radius 3 is 2.36 bits per heavy atom. The molecule has 28 heavy (non-hydrogen) atoms. The first kappa shape index (κ1) is 19.8. The topological polar surface area (TPSA) is 99.2 Å². The summed E-state index contributed by atoms with van der Waals surface area (Å²) < 4.78 is 42.3. The minimum atomic E-state index is -4.11. The second kappa shape index (κ2) is 7.61. The van der Waals surface area contributed by atoms with Crippen LogP contribution in [0.2, 0.25) is 0 Å². The first-order valence-corrected chi connectivity index (χ1v) is 9.73. The van der Waals surface area contributed by atoms with Crippen LogP contribution in [-0.2, 0) is 26.1 Å². The predicted molar refractivity (Wildman–Crippen MR) is 98.9 cm³/mol. The molecule has 0 amide bonds. The molecule has 0 aromatic heterocycles. The Bertz CT molecular complexity index is 1030. The Morgan fingerprint density at radius 2 is 1.71 bits per heavy atom. The van der Waals surface area contributed by atoms with Crippen molar-refractivity contribution in [3.05, 3.63) is 53.6 Å². The Kier molecular flexibility index (Phi) is 5.39. The minimum Gasteiger partial charge on any atom is -0.493 e. The van der Waals surface area contributed by atoms with E-state index in [2.05, 4.69) is 0 Å². The summed E-state index contributed by atoms with van der Waals surface area (Å²) in [6, 6.07) is 9.05. The van der Waals surface area contributed by atoms with Gasteiger partial charge >= 0.3 is 5.97 Å². The maximum atomic E-state index is 13.2. The largest absolute Gasteiger partial charge is 0.493 e. The van der Waals surface area contributed by atoms with E-state index in [4.69, 9.17) is 14.2 Å². The first-order valence-electron chi connectivity index (χ1n) is 8.29. The van der Waals surface area contributed by atoms with Gasteiger partial charge < -0.3 is 14.2 Å². The zero-order valence-corrected chi connectivity index (χ0v) is 16.4. The number of nitrogens with zero attached hydrogens (tertiary/aromatic N) is 1. The summed E-state index contributed by atoms with van der Waals surface area (Å²) in [5.74, 6) is -0.698. The lowest BCUT2D eigenvalue weighted by atomic mass is 10.0. The average molecular weight is 405 g/mol. The van der Waals surface area contributed by atoms with Crippen molar-refractivity contribution >= 4 is 21.8 Å². The highest BCUT2D eigenvalue weighted by atomic mass is 32.2. The van der Waals surface area contributed by atoms with E-state index < -0.39 is 27.8 Å². The summed E-state index contributed by atoms with van der Waals surface area (Å²) in [5, 5.41) is 0. The molecule has 0 N–H and O–H groups in total. The van der Waals surface area contributed by atoms with Crippen molar-refractivity contribution in [1.29, 1.82) is 0 Å². The van der Waals surface area contributed by atoms with Gasteiger partial charge in [0, 0.05) is 12.1 Å². The number of esters is 1. The van der Waals surface area contributed by atoms with Gasteiger partial charge in [0.05, 0.1) is 26.2 Å². The molecule has 1 aliphatic rings. The number of hydrogen-bond acceptors (Lipinski definition) is 7. The van der Waals surface area contributed by atoms with Crippen LogP contribution in [0.3, 0.4) is 0 Å². The van der Waals surface area contributed by atoms with Crippen molar-refractivity contribution in [2.75, 3.05) is 21.3 Å². The van der Waals surface area contributed by atoms with Crippen LogP contribution < -0.4 is 9.47 Å². The zero-order chi connectivity index (χ0) is 20.5. The lowest BCUT2D eigenvalue weighted by Gasteiger charge is -2.33. The van der Waals surface area contributed by atoms with Gasteiger partial charge in [0.15, 0.2) is 23.3 Å². The van der Waals surface area contributed by atoms with Gasteiger partial charge in [0.25, 0.3) is 0 Å². The van der Waals surface area contributed by atoms with Crippen molar-refractivity contribution in [3.8, 4) is 11.5 Å². The number of hydrogen-bond donors (Lipinski definition) is 0. The lowest BCUT2D eigenvalue weighted by molar-refractivity contribution is -0.143. The number of methoxy groups -OCH3 is 3. The molecule has 2 aromatic rings. The molecule has 0 bridgehead atoms. The molecule has 0 radical (unpaired) electrons. The summed E-state index contributed by atoms with van der Waals surface area (Å²) in [6.07, 6.45) is 0. The fourth-order valence-corrected chi connectivity index (χ4v) is 4.84. The van der Waals surface area contributed by atoms with Crippen molar-refractivity contribution in [1.82, 2.24) is 4.31 Å². The van der Waals surface area contributed by atoms with Crippen molar-refractivity contribution < 1.29 is 32.2 Å². The number of ketones is 1. The summed E-state index contributed by atoms with van der Waals surface area (Å²) in [5.41, 5.74) is 0.490. The molecule has 8 nitrogen and oxygen atoms in total. The van der Waals surface area contributed by atoms with Gasteiger partial charge in [-0.2, -0.15) is 4.31 Å². The van der Waals surface area contributed by atoms with E-state index in [1.54, 1.807) is 24.3 Å². The first-order chi connectivity index (χ1) is 13.3. The van der Waals surface area contributed by atoms with Crippen molar-refractivity contribution in [2.45, 2.75) is 17.5 Å². The van der Waals surface area contributed by atoms with E-state index in [0.29, 0.717) is 17.1 Å². The van der Waals surface area contributed by atoms with Gasteiger partial charge in [-0.15, -0.1) is 0 Å². The predicted octanol–water partition coefficient (Wildman–Crippen LogP) is 1.63. The van der Waals surface area contributed by atoms with Crippen LogP contribution in [0.25, 0.3) is 0 Å². The molecule has 1 heterocycles. The third kappa shape index (κ3) is 3.23. The number of rotatable bonds is 5. The van der Waals surface area contributed by atoms with Gasteiger partial charge in [-0.3, -0.25) is 4.79 Å². The van der Waals surface area contributed by atoms with Gasteiger partial charge in [-0.05, 0) is 29.8 Å². The Morgan fingerprint density at radius 1 is 1.04 bits per heavy atom. The fraction of sp³-hybridized carbons (Fsp3) is 0.263. The van der Waals surface area contributed by atoms with Gasteiger partial charge in [0.1, 0.15) is 0 Å². The summed E-state index contributed by atoms with van der Waals surface area (Å²) in [7, 11) is -0.0691. The Hall–Kier alpha value is -2.91. The van der Waals surface area contributed by atoms with E-state index in [-0.39, 0.29) is 17.0 Å². The van der Waals surface area contributed by atoms with Crippen LogP contribution in [0.4, 0.5) is 0 Å². The highest BCUT2D eigenvalue weighted by Gasteiger charge is 2.48. The molecule has 0 aliphatic carbocycles. The van der Waals surface area contributed by atoms with Gasteiger partial charge in [-0.25, -0.2) is 13.2 Å². The summed E-state index contributed by atoms with van der Waals surface area (Å²) >= 11 is 0. The van der Waals surface area contributed by atoms with Crippen LogP contribution in [0.1, 0.15) is 15.9 Å². The second-order valence-corrected chi connectivity index (χ2v) is 7.88. The molecule has 148 valence electrons. The van der Waals surface area contributed by atoms with Gasteiger partial charge in [0.2, 0.25) is 10.0 Å². The molecule has 1 unspecified atom stereocenters. The van der Waals surface area contributed by atoms with E-state index in [1.165, 1.54) is 32.4 Å². The van der Waals surface area contributed by atoms with Crippen LogP contribution in [0.5, 0.6) is 11.5 Å². The molecular formula is C19H19NO7S. The summed E-state index contributed by atoms with van der Waals surface area (Å²) in [4.78, 5) is 25.0. The average Bonchev–Trinajstić information content (AvgIpc) is 2.71. The van der Waals surface area contributed by atoms with Crippen LogP contribution in [-0.4, -0.2) is 51.8 Å². The molecular weight excluding hydrogens is 386 g/mol. The second-order valence-electron chi connectivity index (χ2n) is 6.03. The quantitative estimate of drug-likeness (QED) is 0.551. The molecule has 9 heteroatoms. The molecule has 2 aromatic carbocycles. The van der Waals surface area contributed by atoms with Crippen LogP contribution in [0.15, 0.2) is 47.4 Å². The Labute approximate surface area is 162 Å². The molecule has 1 atom stereocenters. The number of sulfonamides is 1. The van der Waals surface area contributed by atoms with E-state index in [9.17, 15) is 18.0 Å². The van der Waals surface area contributed by atoms with E-state index in [0.717, 1.165) is 11.4 Å². The maximum Gasteiger partial charge on any atom is 0.332 e. The normalized spacial score (nSPS) is 18.2. The number of Topliss-reactive ketones (excluding diaryl/α,β-unsaturated/α-hetero) is 1. The molecule has 3 rings (SSSR count). The number of carbonyl (C=O) groups excluding carboxylic acids is 2. The number of fused-ring (bicyclic) bond motifs is 1. The van der Waals surface area contributed by atoms with Crippen molar-refractivity contribution in [2.24, 2.45) is 0 Å². The van der Waals surface area contributed by atoms with Crippen LogP contribution >= 0.6 is 0 Å². The Balaban J connectivity index is 2.11. The molecule has 0 saturated carbocycles. The third-order valence-corrected chi connectivity index (χ3v) is 6.36. The molecule has 0 spiro atoms. The van der Waals surface area contributed by atoms with E-state index >= 15 is 0 Å². The SMILES string of the molecule is COC(=O)C1C(=O)c2ccccc2S(=O)(=O)N1Cc1ccc(OC)c(OC)c1. The molecule has 1 aliphatic heterocycles.